The highest BCUT2D eigenvalue weighted by Gasteiger charge is 2.16. The van der Waals surface area contributed by atoms with Crippen LogP contribution in [0.15, 0.2) is 67.3 Å². The number of nitrogens with zero attached hydrogens (tertiary/aromatic N) is 3. The number of para-hydroxylation sites is 1. The molecule has 0 saturated heterocycles. The maximum absolute atomic E-state index is 12.6. The zero-order valence-corrected chi connectivity index (χ0v) is 15.3. The van der Waals surface area contributed by atoms with Gasteiger partial charge in [0.1, 0.15) is 5.69 Å². The van der Waals surface area contributed by atoms with Crippen molar-refractivity contribution in [2.75, 3.05) is 6.79 Å². The van der Waals surface area contributed by atoms with Crippen molar-refractivity contribution in [1.29, 1.82) is 0 Å². The fourth-order valence-electron chi connectivity index (χ4n) is 3.23. The molecule has 1 amide bonds. The Balaban J connectivity index is 1.31. The lowest BCUT2D eigenvalue weighted by Gasteiger charge is -2.10. The summed E-state index contributed by atoms with van der Waals surface area (Å²) in [5.41, 5.74) is 3.84. The molecule has 0 unspecified atom stereocenters. The van der Waals surface area contributed by atoms with Crippen LogP contribution in [0.5, 0.6) is 11.5 Å². The number of carbonyl (C=O) groups excluding carboxylic acids is 1. The molecular weight excluding hydrogens is 370 g/mol. The van der Waals surface area contributed by atoms with Gasteiger partial charge in [-0.1, -0.05) is 18.2 Å². The average molecular weight is 387 g/mol. The number of hydrogen-bond donors (Lipinski definition) is 2. The quantitative estimate of drug-likeness (QED) is 0.549. The molecule has 8 heteroatoms. The van der Waals surface area contributed by atoms with Gasteiger partial charge in [0.05, 0.1) is 17.7 Å². The van der Waals surface area contributed by atoms with Gasteiger partial charge in [-0.25, -0.2) is 4.98 Å². The first kappa shape index (κ1) is 17.1. The summed E-state index contributed by atoms with van der Waals surface area (Å²) < 4.78 is 12.6. The number of fused-ring (bicyclic) bond motifs is 1. The van der Waals surface area contributed by atoms with E-state index in [0.29, 0.717) is 29.4 Å². The summed E-state index contributed by atoms with van der Waals surface area (Å²) >= 11 is 0. The summed E-state index contributed by atoms with van der Waals surface area (Å²) in [6.45, 7) is 0.596. The highest BCUT2D eigenvalue weighted by molar-refractivity contribution is 5.93. The van der Waals surface area contributed by atoms with E-state index in [2.05, 4.69) is 20.5 Å². The molecule has 1 aliphatic rings. The first-order valence-electron chi connectivity index (χ1n) is 9.08. The number of H-pyrrole nitrogens is 1. The highest BCUT2D eigenvalue weighted by Crippen LogP contribution is 2.35. The van der Waals surface area contributed by atoms with Crippen LogP contribution in [0.1, 0.15) is 16.1 Å². The van der Waals surface area contributed by atoms with Gasteiger partial charge in [0.25, 0.3) is 5.91 Å². The van der Waals surface area contributed by atoms with Gasteiger partial charge >= 0.3 is 0 Å². The molecule has 0 bridgehead atoms. The number of amides is 1. The normalized spacial score (nSPS) is 12.1. The lowest BCUT2D eigenvalue weighted by Crippen LogP contribution is -2.23. The standard InChI is InChI=1S/C21H17N5O3/c27-21(23-11-15-3-1-2-4-18(15)26-8-7-22-12-26)17-10-16(24-25-17)14-5-6-19-20(9-14)29-13-28-19/h1-10,12H,11,13H2,(H,23,27)(H,24,25). The van der Waals surface area contributed by atoms with E-state index in [1.54, 1.807) is 18.6 Å². The van der Waals surface area contributed by atoms with Gasteiger partial charge in [-0.05, 0) is 35.9 Å². The van der Waals surface area contributed by atoms with E-state index in [0.717, 1.165) is 16.8 Å². The minimum Gasteiger partial charge on any atom is -0.454 e. The molecule has 0 aliphatic carbocycles. The molecule has 0 radical (unpaired) electrons. The van der Waals surface area contributed by atoms with Crippen LogP contribution in [0.4, 0.5) is 0 Å². The molecule has 0 fully saturated rings. The van der Waals surface area contributed by atoms with Crippen LogP contribution in [0.25, 0.3) is 16.9 Å². The van der Waals surface area contributed by atoms with Gasteiger partial charge in [-0.2, -0.15) is 5.10 Å². The first-order valence-corrected chi connectivity index (χ1v) is 9.08. The zero-order chi connectivity index (χ0) is 19.6. The smallest absolute Gasteiger partial charge is 0.269 e. The van der Waals surface area contributed by atoms with Gasteiger partial charge in [-0.3, -0.25) is 9.89 Å². The van der Waals surface area contributed by atoms with Crippen molar-refractivity contribution in [2.24, 2.45) is 0 Å². The van der Waals surface area contributed by atoms with Crippen LogP contribution < -0.4 is 14.8 Å². The van der Waals surface area contributed by atoms with Crippen LogP contribution in [-0.4, -0.2) is 32.4 Å². The SMILES string of the molecule is O=C(NCc1ccccc1-n1ccnc1)c1cc(-c2ccc3c(c2)OCO3)n[nH]1. The number of aromatic amines is 1. The summed E-state index contributed by atoms with van der Waals surface area (Å²) in [5.74, 6) is 1.15. The number of nitrogens with one attached hydrogen (secondary N) is 2. The summed E-state index contributed by atoms with van der Waals surface area (Å²) in [5, 5.41) is 9.99. The van der Waals surface area contributed by atoms with Crippen LogP contribution in [0, 0.1) is 0 Å². The fraction of sp³-hybridized carbons (Fsp3) is 0.0952. The van der Waals surface area contributed by atoms with E-state index < -0.39 is 0 Å². The summed E-state index contributed by atoms with van der Waals surface area (Å²) in [4.78, 5) is 16.7. The lowest BCUT2D eigenvalue weighted by molar-refractivity contribution is 0.0946. The Labute approximate surface area is 166 Å². The molecule has 0 spiro atoms. The summed E-state index contributed by atoms with van der Waals surface area (Å²) in [6, 6.07) is 15.1. The number of benzene rings is 2. The molecule has 8 nitrogen and oxygen atoms in total. The van der Waals surface area contributed by atoms with Gasteiger partial charge in [0.2, 0.25) is 6.79 Å². The van der Waals surface area contributed by atoms with Crippen molar-refractivity contribution >= 4 is 5.91 Å². The minimum atomic E-state index is -0.232. The molecule has 5 rings (SSSR count). The predicted molar refractivity (Wildman–Crippen MR) is 105 cm³/mol. The van der Waals surface area contributed by atoms with Crippen LogP contribution in [-0.2, 0) is 6.54 Å². The Kier molecular flexibility index (Phi) is 4.21. The van der Waals surface area contributed by atoms with Gasteiger partial charge in [-0.15, -0.1) is 0 Å². The second kappa shape index (κ2) is 7.16. The van der Waals surface area contributed by atoms with E-state index in [-0.39, 0.29) is 12.7 Å². The highest BCUT2D eigenvalue weighted by atomic mass is 16.7. The third-order valence-corrected chi connectivity index (χ3v) is 4.70. The molecule has 0 atom stereocenters. The molecule has 2 N–H and O–H groups in total. The maximum Gasteiger partial charge on any atom is 0.269 e. The summed E-state index contributed by atoms with van der Waals surface area (Å²) in [7, 11) is 0. The first-order chi connectivity index (χ1) is 14.3. The third-order valence-electron chi connectivity index (χ3n) is 4.70. The van der Waals surface area contributed by atoms with Gasteiger partial charge in [0.15, 0.2) is 11.5 Å². The van der Waals surface area contributed by atoms with E-state index in [1.807, 2.05) is 53.2 Å². The van der Waals surface area contributed by atoms with Gasteiger partial charge in [0, 0.05) is 24.5 Å². The van der Waals surface area contributed by atoms with E-state index in [9.17, 15) is 4.79 Å². The van der Waals surface area contributed by atoms with Gasteiger partial charge < -0.3 is 19.4 Å². The predicted octanol–water partition coefficient (Wildman–Crippen LogP) is 2.92. The maximum atomic E-state index is 12.6. The Morgan fingerprint density at radius 1 is 1.14 bits per heavy atom. The molecule has 29 heavy (non-hydrogen) atoms. The lowest BCUT2D eigenvalue weighted by atomic mass is 10.1. The average Bonchev–Trinajstić information content (AvgIpc) is 3.53. The molecular formula is C21H17N5O3. The Morgan fingerprint density at radius 2 is 2.03 bits per heavy atom. The van der Waals surface area contributed by atoms with Crippen LogP contribution in [0.2, 0.25) is 0 Å². The molecule has 4 aromatic rings. The van der Waals surface area contributed by atoms with E-state index in [1.165, 1.54) is 0 Å². The van der Waals surface area contributed by atoms with Crippen molar-refractivity contribution < 1.29 is 14.3 Å². The molecule has 0 saturated carbocycles. The number of aromatic nitrogens is 4. The monoisotopic (exact) mass is 387 g/mol. The third kappa shape index (κ3) is 3.31. The largest absolute Gasteiger partial charge is 0.454 e. The number of ether oxygens (including phenoxy) is 2. The topological polar surface area (TPSA) is 94.1 Å². The Bertz CT molecular complexity index is 1170. The number of hydrogen-bond acceptors (Lipinski definition) is 5. The molecule has 2 aromatic carbocycles. The summed E-state index contributed by atoms with van der Waals surface area (Å²) in [6.07, 6.45) is 5.32. The van der Waals surface area contributed by atoms with Crippen molar-refractivity contribution in [1.82, 2.24) is 25.1 Å². The second-order valence-electron chi connectivity index (χ2n) is 6.52. The molecule has 3 heterocycles. The number of rotatable bonds is 5. The van der Waals surface area contributed by atoms with E-state index >= 15 is 0 Å². The minimum absolute atomic E-state index is 0.216. The van der Waals surface area contributed by atoms with Crippen molar-refractivity contribution in [3.05, 3.63) is 78.5 Å². The zero-order valence-electron chi connectivity index (χ0n) is 15.3. The second-order valence-corrected chi connectivity index (χ2v) is 6.52. The Morgan fingerprint density at radius 3 is 2.93 bits per heavy atom. The Hall–Kier alpha value is -4.07. The number of carbonyl (C=O) groups is 1. The molecule has 1 aliphatic heterocycles. The fourth-order valence-corrected chi connectivity index (χ4v) is 3.23. The van der Waals surface area contributed by atoms with E-state index in [4.69, 9.17) is 9.47 Å². The number of imidazole rings is 1. The molecule has 144 valence electrons. The van der Waals surface area contributed by atoms with Crippen LogP contribution in [0.3, 0.4) is 0 Å². The molecule has 2 aromatic heterocycles. The van der Waals surface area contributed by atoms with Crippen molar-refractivity contribution in [3.63, 3.8) is 0 Å². The van der Waals surface area contributed by atoms with Crippen LogP contribution >= 0.6 is 0 Å². The van der Waals surface area contributed by atoms with Crippen molar-refractivity contribution in [3.8, 4) is 28.4 Å². The van der Waals surface area contributed by atoms with Crippen molar-refractivity contribution in [2.45, 2.75) is 6.54 Å².